The normalized spacial score (nSPS) is 23.9. The summed E-state index contributed by atoms with van der Waals surface area (Å²) in [7, 11) is -1.58. The van der Waals surface area contributed by atoms with Gasteiger partial charge in [0, 0.05) is 17.0 Å². The quantitative estimate of drug-likeness (QED) is 0.737. The highest BCUT2D eigenvalue weighted by Gasteiger charge is 2.49. The maximum absolute atomic E-state index is 13.1. The second-order valence-corrected chi connectivity index (χ2v) is 10.3. The van der Waals surface area contributed by atoms with Crippen LogP contribution in [0, 0.1) is 5.82 Å². The molecular weight excluding hydrogens is 415 g/mol. The van der Waals surface area contributed by atoms with Gasteiger partial charge in [0.25, 0.3) is 5.91 Å². The summed E-state index contributed by atoms with van der Waals surface area (Å²) < 4.78 is 42.6. The van der Waals surface area contributed by atoms with Gasteiger partial charge >= 0.3 is 0 Å². The van der Waals surface area contributed by atoms with Crippen LogP contribution in [0.4, 0.5) is 10.1 Å². The van der Waals surface area contributed by atoms with Crippen LogP contribution < -0.4 is 9.64 Å². The van der Waals surface area contributed by atoms with E-state index in [9.17, 15) is 17.6 Å². The molecule has 4 rings (SSSR count). The highest BCUT2D eigenvalue weighted by Crippen LogP contribution is 2.41. The van der Waals surface area contributed by atoms with Crippen LogP contribution in [0.15, 0.2) is 53.5 Å². The molecule has 2 aromatic rings. The van der Waals surface area contributed by atoms with Crippen LogP contribution in [0.1, 0.15) is 5.56 Å². The standard InChI is InChI=1S/C20H19FN2O4S2/c1-27-16-4-2-3-15(10-16)23-17-11-29(25,26)12-18(17)28-20(23)22-19(24)9-13-5-7-14(21)8-6-13/h2-8,10,17-18H,9,11-12H2,1H3. The highest BCUT2D eigenvalue weighted by molar-refractivity contribution is 8.16. The van der Waals surface area contributed by atoms with E-state index in [0.717, 1.165) is 5.69 Å². The van der Waals surface area contributed by atoms with Gasteiger partial charge in [-0.25, -0.2) is 12.8 Å². The number of thioether (sulfide) groups is 1. The number of ether oxygens (including phenoxy) is 1. The molecule has 2 aliphatic heterocycles. The Morgan fingerprint density at radius 1 is 1.24 bits per heavy atom. The van der Waals surface area contributed by atoms with Crippen molar-refractivity contribution in [3.63, 3.8) is 0 Å². The van der Waals surface area contributed by atoms with Crippen LogP contribution in [0.3, 0.4) is 0 Å². The minimum atomic E-state index is -3.14. The Kier molecular flexibility index (Phi) is 5.35. The number of benzene rings is 2. The lowest BCUT2D eigenvalue weighted by Gasteiger charge is -2.24. The molecule has 0 bridgehead atoms. The van der Waals surface area contributed by atoms with Crippen molar-refractivity contribution < 1.29 is 22.3 Å². The number of carbonyl (C=O) groups excluding carboxylic acids is 1. The number of sulfone groups is 1. The molecule has 0 aromatic heterocycles. The Bertz CT molecular complexity index is 1070. The molecular formula is C20H19FN2O4S2. The number of aliphatic imine (C=N–C) groups is 1. The fourth-order valence-corrected chi connectivity index (χ4v) is 7.48. The predicted octanol–water partition coefficient (Wildman–Crippen LogP) is 2.68. The summed E-state index contributed by atoms with van der Waals surface area (Å²) in [5, 5.41) is 0.304. The predicted molar refractivity (Wildman–Crippen MR) is 112 cm³/mol. The van der Waals surface area contributed by atoms with E-state index in [4.69, 9.17) is 4.74 Å². The van der Waals surface area contributed by atoms with Crippen LogP contribution in [0.25, 0.3) is 0 Å². The average molecular weight is 435 g/mol. The van der Waals surface area contributed by atoms with Gasteiger partial charge in [-0.15, -0.1) is 0 Å². The van der Waals surface area contributed by atoms with Gasteiger partial charge in [-0.3, -0.25) is 4.79 Å². The lowest BCUT2D eigenvalue weighted by atomic mass is 10.1. The molecule has 29 heavy (non-hydrogen) atoms. The zero-order valence-corrected chi connectivity index (χ0v) is 17.2. The van der Waals surface area contributed by atoms with Gasteiger partial charge < -0.3 is 9.64 Å². The Morgan fingerprint density at radius 3 is 2.72 bits per heavy atom. The van der Waals surface area contributed by atoms with E-state index in [0.29, 0.717) is 16.5 Å². The van der Waals surface area contributed by atoms with Gasteiger partial charge in [0.15, 0.2) is 15.0 Å². The Morgan fingerprint density at radius 2 is 2.00 bits per heavy atom. The minimum absolute atomic E-state index is 0.0209. The first kappa shape index (κ1) is 19.9. The van der Waals surface area contributed by atoms with E-state index < -0.39 is 9.84 Å². The SMILES string of the molecule is COc1cccc(N2C(=NC(=O)Cc3ccc(F)cc3)SC3CS(=O)(=O)CC32)c1. The van der Waals surface area contributed by atoms with E-state index in [-0.39, 0.29) is 40.9 Å². The summed E-state index contributed by atoms with van der Waals surface area (Å²) in [5.74, 6) is -0.0122. The monoisotopic (exact) mass is 434 g/mol. The van der Waals surface area contributed by atoms with Gasteiger partial charge in [-0.1, -0.05) is 30.0 Å². The minimum Gasteiger partial charge on any atom is -0.497 e. The fraction of sp³-hybridized carbons (Fsp3) is 0.300. The number of amides is 1. The smallest absolute Gasteiger partial charge is 0.252 e. The van der Waals surface area contributed by atoms with E-state index in [1.807, 2.05) is 17.0 Å². The number of methoxy groups -OCH3 is 1. The van der Waals surface area contributed by atoms with Gasteiger partial charge in [-0.2, -0.15) is 4.99 Å². The first-order valence-corrected chi connectivity index (χ1v) is 11.7. The summed E-state index contributed by atoms with van der Waals surface area (Å²) in [6, 6.07) is 12.7. The van der Waals surface area contributed by atoms with Gasteiger partial charge in [0.2, 0.25) is 0 Å². The Labute approximate surface area is 172 Å². The van der Waals surface area contributed by atoms with Crippen LogP contribution in [0.5, 0.6) is 5.75 Å². The summed E-state index contributed by atoms with van der Waals surface area (Å²) in [6.45, 7) is 0. The zero-order valence-electron chi connectivity index (χ0n) is 15.6. The van der Waals surface area contributed by atoms with Crippen molar-refractivity contribution in [2.75, 3.05) is 23.5 Å². The van der Waals surface area contributed by atoms with Crippen LogP contribution in [-0.2, 0) is 21.1 Å². The molecule has 0 saturated carbocycles. The second-order valence-electron chi connectivity index (χ2n) is 6.96. The van der Waals surface area contributed by atoms with Crippen molar-refractivity contribution in [1.29, 1.82) is 0 Å². The molecule has 0 spiro atoms. The highest BCUT2D eigenvalue weighted by atomic mass is 32.2. The molecule has 2 aliphatic rings. The fourth-order valence-electron chi connectivity index (χ4n) is 3.55. The first-order valence-electron chi connectivity index (χ1n) is 9.01. The van der Waals surface area contributed by atoms with Crippen LogP contribution >= 0.6 is 11.8 Å². The van der Waals surface area contributed by atoms with Crippen LogP contribution in [-0.4, -0.2) is 49.4 Å². The number of halogens is 1. The second kappa shape index (κ2) is 7.79. The lowest BCUT2D eigenvalue weighted by molar-refractivity contribution is -0.117. The van der Waals surface area contributed by atoms with E-state index >= 15 is 0 Å². The van der Waals surface area contributed by atoms with Crippen molar-refractivity contribution in [1.82, 2.24) is 0 Å². The topological polar surface area (TPSA) is 76.0 Å². The summed E-state index contributed by atoms with van der Waals surface area (Å²) >= 11 is 1.32. The maximum atomic E-state index is 13.1. The van der Waals surface area contributed by atoms with Gasteiger partial charge in [-0.05, 0) is 29.8 Å². The Hall–Kier alpha value is -2.39. The number of nitrogens with zero attached hydrogens (tertiary/aromatic N) is 2. The van der Waals surface area contributed by atoms with E-state index in [1.165, 1.54) is 23.9 Å². The molecule has 1 amide bonds. The molecule has 2 unspecified atom stereocenters. The summed E-state index contributed by atoms with van der Waals surface area (Å²) in [4.78, 5) is 18.6. The number of amidine groups is 1. The maximum Gasteiger partial charge on any atom is 0.252 e. The third-order valence-corrected chi connectivity index (χ3v) is 8.10. The average Bonchev–Trinajstić information content (AvgIpc) is 3.14. The number of anilines is 1. The van der Waals surface area contributed by atoms with Crippen molar-refractivity contribution in [3.05, 3.63) is 59.9 Å². The largest absolute Gasteiger partial charge is 0.497 e. The number of hydrogen-bond acceptors (Lipinski definition) is 5. The molecule has 9 heteroatoms. The molecule has 152 valence electrons. The lowest BCUT2D eigenvalue weighted by Crippen LogP contribution is -2.37. The molecule has 0 radical (unpaired) electrons. The van der Waals surface area contributed by atoms with Gasteiger partial charge in [0.05, 0.1) is 31.1 Å². The molecule has 2 fully saturated rings. The van der Waals surface area contributed by atoms with Crippen molar-refractivity contribution >= 4 is 38.4 Å². The van der Waals surface area contributed by atoms with E-state index in [2.05, 4.69) is 4.99 Å². The third-order valence-electron chi connectivity index (χ3n) is 4.89. The molecule has 2 aromatic carbocycles. The van der Waals surface area contributed by atoms with Crippen LogP contribution in [0.2, 0.25) is 0 Å². The molecule has 2 atom stereocenters. The van der Waals surface area contributed by atoms with Gasteiger partial charge in [0.1, 0.15) is 11.6 Å². The number of hydrogen-bond donors (Lipinski definition) is 0. The number of fused-ring (bicyclic) bond motifs is 1. The Balaban J connectivity index is 1.64. The van der Waals surface area contributed by atoms with Crippen molar-refractivity contribution in [2.45, 2.75) is 17.7 Å². The summed E-state index contributed by atoms with van der Waals surface area (Å²) in [5.41, 5.74) is 1.40. The molecule has 2 heterocycles. The zero-order chi connectivity index (χ0) is 20.6. The van der Waals surface area contributed by atoms with E-state index in [1.54, 1.807) is 31.4 Å². The summed E-state index contributed by atoms with van der Waals surface area (Å²) in [6.07, 6.45) is 0.0456. The van der Waals surface area contributed by atoms with Crippen molar-refractivity contribution in [3.8, 4) is 5.75 Å². The third kappa shape index (κ3) is 4.30. The molecule has 0 aliphatic carbocycles. The number of carbonyl (C=O) groups is 1. The number of rotatable bonds is 4. The molecule has 2 saturated heterocycles. The molecule has 0 N–H and O–H groups in total. The van der Waals surface area contributed by atoms with Crippen molar-refractivity contribution in [2.24, 2.45) is 4.99 Å². The first-order chi connectivity index (χ1) is 13.8. The molecule has 6 nitrogen and oxygen atoms in total.